The predicted octanol–water partition coefficient (Wildman–Crippen LogP) is 1.48. The summed E-state index contributed by atoms with van der Waals surface area (Å²) < 4.78 is 5.20. The summed E-state index contributed by atoms with van der Waals surface area (Å²) in [5, 5.41) is 3.38. The van der Waals surface area contributed by atoms with Gasteiger partial charge in [0, 0.05) is 6.04 Å². The van der Waals surface area contributed by atoms with E-state index in [1.54, 1.807) is 0 Å². The Labute approximate surface area is 109 Å². The maximum atomic E-state index is 10.6. The average Bonchev–Trinajstić information content (AvgIpc) is 2.35. The first-order valence-corrected chi connectivity index (χ1v) is 6.35. The number of hydrogen-bond acceptors (Lipinski definition) is 3. The second-order valence-corrected chi connectivity index (χ2v) is 4.40. The molecule has 1 aromatic carbocycles. The van der Waals surface area contributed by atoms with Gasteiger partial charge in [-0.05, 0) is 44.0 Å². The first-order chi connectivity index (χ1) is 8.61. The minimum Gasteiger partial charge on any atom is -0.484 e. The smallest absolute Gasteiger partial charge is 0.255 e. The van der Waals surface area contributed by atoms with Crippen LogP contribution in [0.1, 0.15) is 25.8 Å². The molecule has 4 heteroatoms. The van der Waals surface area contributed by atoms with E-state index in [0.717, 1.165) is 19.4 Å². The van der Waals surface area contributed by atoms with Crippen molar-refractivity contribution in [1.82, 2.24) is 5.32 Å². The molecule has 0 radical (unpaired) electrons. The van der Waals surface area contributed by atoms with Gasteiger partial charge in [0.05, 0.1) is 0 Å². The molecule has 0 heterocycles. The third kappa shape index (κ3) is 5.68. The van der Waals surface area contributed by atoms with Crippen LogP contribution in [0.15, 0.2) is 24.3 Å². The molecule has 0 aliphatic heterocycles. The van der Waals surface area contributed by atoms with Crippen LogP contribution in [0.5, 0.6) is 5.75 Å². The molecule has 0 fully saturated rings. The highest BCUT2D eigenvalue weighted by Crippen LogP contribution is 2.13. The number of rotatable bonds is 8. The Morgan fingerprint density at radius 3 is 2.61 bits per heavy atom. The van der Waals surface area contributed by atoms with E-state index < -0.39 is 5.91 Å². The van der Waals surface area contributed by atoms with Crippen LogP contribution >= 0.6 is 0 Å². The van der Waals surface area contributed by atoms with Crippen LogP contribution in [0.25, 0.3) is 0 Å². The van der Waals surface area contributed by atoms with Crippen molar-refractivity contribution in [2.24, 2.45) is 5.73 Å². The first kappa shape index (κ1) is 14.5. The van der Waals surface area contributed by atoms with Crippen molar-refractivity contribution in [2.45, 2.75) is 32.7 Å². The first-order valence-electron chi connectivity index (χ1n) is 6.35. The van der Waals surface area contributed by atoms with Gasteiger partial charge in [0.25, 0.3) is 5.91 Å². The molecule has 0 saturated heterocycles. The molecule has 18 heavy (non-hydrogen) atoms. The van der Waals surface area contributed by atoms with E-state index in [1.807, 2.05) is 24.3 Å². The summed E-state index contributed by atoms with van der Waals surface area (Å²) in [4.78, 5) is 10.6. The number of benzene rings is 1. The lowest BCUT2D eigenvalue weighted by molar-refractivity contribution is -0.119. The largest absolute Gasteiger partial charge is 0.484 e. The average molecular weight is 250 g/mol. The minimum atomic E-state index is -0.460. The Hall–Kier alpha value is -1.55. The summed E-state index contributed by atoms with van der Waals surface area (Å²) in [6.07, 6.45) is 2.14. The Kier molecular flexibility index (Phi) is 6.22. The van der Waals surface area contributed by atoms with Crippen LogP contribution in [-0.2, 0) is 11.2 Å². The van der Waals surface area contributed by atoms with Crippen molar-refractivity contribution >= 4 is 5.91 Å². The van der Waals surface area contributed by atoms with Gasteiger partial charge in [0.1, 0.15) is 5.75 Å². The molecule has 1 unspecified atom stereocenters. The number of carbonyl (C=O) groups is 1. The van der Waals surface area contributed by atoms with E-state index in [4.69, 9.17) is 10.5 Å². The van der Waals surface area contributed by atoms with Crippen LogP contribution in [-0.4, -0.2) is 25.1 Å². The number of nitrogens with one attached hydrogen (secondary N) is 1. The quantitative estimate of drug-likeness (QED) is 0.734. The van der Waals surface area contributed by atoms with Crippen LogP contribution < -0.4 is 15.8 Å². The van der Waals surface area contributed by atoms with Crippen molar-refractivity contribution in [1.29, 1.82) is 0 Å². The van der Waals surface area contributed by atoms with Crippen LogP contribution in [0, 0.1) is 0 Å². The SMILES string of the molecule is CCNC(C)CCc1ccc(OCC(N)=O)cc1. The second-order valence-electron chi connectivity index (χ2n) is 4.40. The topological polar surface area (TPSA) is 64.3 Å². The number of aryl methyl sites for hydroxylation is 1. The molecule has 1 atom stereocenters. The normalized spacial score (nSPS) is 12.1. The molecular formula is C14H22N2O2. The summed E-state index contributed by atoms with van der Waals surface area (Å²) in [5.41, 5.74) is 6.28. The van der Waals surface area contributed by atoms with Crippen molar-refractivity contribution in [3.05, 3.63) is 29.8 Å². The van der Waals surface area contributed by atoms with Gasteiger partial charge in [0.2, 0.25) is 0 Å². The van der Waals surface area contributed by atoms with Gasteiger partial charge in [0.15, 0.2) is 6.61 Å². The Morgan fingerprint density at radius 2 is 2.06 bits per heavy atom. The highest BCUT2D eigenvalue weighted by Gasteiger charge is 2.02. The number of hydrogen-bond donors (Lipinski definition) is 2. The van der Waals surface area contributed by atoms with E-state index in [9.17, 15) is 4.79 Å². The molecule has 4 nitrogen and oxygen atoms in total. The molecule has 0 bridgehead atoms. The molecule has 0 spiro atoms. The fraction of sp³-hybridized carbons (Fsp3) is 0.500. The number of nitrogens with two attached hydrogens (primary N) is 1. The molecule has 3 N–H and O–H groups in total. The van der Waals surface area contributed by atoms with E-state index in [-0.39, 0.29) is 6.61 Å². The summed E-state index contributed by atoms with van der Waals surface area (Å²) in [5.74, 6) is 0.218. The Bertz CT molecular complexity index is 363. The van der Waals surface area contributed by atoms with Crippen molar-refractivity contribution in [3.8, 4) is 5.75 Å². The fourth-order valence-corrected chi connectivity index (χ4v) is 1.74. The van der Waals surface area contributed by atoms with Gasteiger partial charge < -0.3 is 15.8 Å². The Balaban J connectivity index is 2.38. The third-order valence-electron chi connectivity index (χ3n) is 2.72. The summed E-state index contributed by atoms with van der Waals surface area (Å²) >= 11 is 0. The molecule has 0 aromatic heterocycles. The number of ether oxygens (including phenoxy) is 1. The minimum absolute atomic E-state index is 0.0726. The zero-order valence-electron chi connectivity index (χ0n) is 11.1. The van der Waals surface area contributed by atoms with E-state index in [2.05, 4.69) is 19.2 Å². The van der Waals surface area contributed by atoms with Crippen molar-refractivity contribution in [2.75, 3.05) is 13.2 Å². The lowest BCUT2D eigenvalue weighted by Crippen LogP contribution is -2.25. The lowest BCUT2D eigenvalue weighted by atomic mass is 10.1. The molecular weight excluding hydrogens is 228 g/mol. The maximum Gasteiger partial charge on any atom is 0.255 e. The van der Waals surface area contributed by atoms with Gasteiger partial charge in [-0.25, -0.2) is 0 Å². The van der Waals surface area contributed by atoms with Crippen LogP contribution in [0.3, 0.4) is 0 Å². The van der Waals surface area contributed by atoms with Gasteiger partial charge in [-0.3, -0.25) is 4.79 Å². The molecule has 1 rings (SSSR count). The third-order valence-corrected chi connectivity index (χ3v) is 2.72. The van der Waals surface area contributed by atoms with Crippen LogP contribution in [0.4, 0.5) is 0 Å². The van der Waals surface area contributed by atoms with E-state index in [0.29, 0.717) is 11.8 Å². The highest BCUT2D eigenvalue weighted by molar-refractivity contribution is 5.75. The van der Waals surface area contributed by atoms with Gasteiger partial charge in [-0.1, -0.05) is 19.1 Å². The molecule has 1 amide bonds. The zero-order chi connectivity index (χ0) is 13.4. The summed E-state index contributed by atoms with van der Waals surface area (Å²) in [7, 11) is 0. The zero-order valence-corrected chi connectivity index (χ0v) is 11.1. The molecule has 100 valence electrons. The highest BCUT2D eigenvalue weighted by atomic mass is 16.5. The standard InChI is InChI=1S/C14H22N2O2/c1-3-16-11(2)4-5-12-6-8-13(9-7-12)18-10-14(15)17/h6-9,11,16H,3-5,10H2,1-2H3,(H2,15,17). The molecule has 1 aromatic rings. The van der Waals surface area contributed by atoms with Crippen molar-refractivity contribution in [3.63, 3.8) is 0 Å². The van der Waals surface area contributed by atoms with Gasteiger partial charge in [-0.2, -0.15) is 0 Å². The molecule has 0 saturated carbocycles. The van der Waals surface area contributed by atoms with E-state index >= 15 is 0 Å². The number of carbonyl (C=O) groups excluding carboxylic acids is 1. The van der Waals surface area contributed by atoms with Gasteiger partial charge in [-0.15, -0.1) is 0 Å². The Morgan fingerprint density at radius 1 is 1.39 bits per heavy atom. The van der Waals surface area contributed by atoms with Gasteiger partial charge >= 0.3 is 0 Å². The number of amides is 1. The summed E-state index contributed by atoms with van der Waals surface area (Å²) in [6, 6.07) is 8.32. The maximum absolute atomic E-state index is 10.6. The van der Waals surface area contributed by atoms with Crippen LogP contribution in [0.2, 0.25) is 0 Å². The van der Waals surface area contributed by atoms with Crippen molar-refractivity contribution < 1.29 is 9.53 Å². The fourth-order valence-electron chi connectivity index (χ4n) is 1.74. The summed E-state index contributed by atoms with van der Waals surface area (Å²) in [6.45, 7) is 5.23. The predicted molar refractivity (Wildman–Crippen MR) is 72.6 cm³/mol. The monoisotopic (exact) mass is 250 g/mol. The van der Waals surface area contributed by atoms with E-state index in [1.165, 1.54) is 5.56 Å². The second kappa shape index (κ2) is 7.71. The molecule has 0 aliphatic carbocycles. The lowest BCUT2D eigenvalue weighted by Gasteiger charge is -2.12. The number of primary amides is 1. The molecule has 0 aliphatic rings.